The molecule has 0 bridgehead atoms. The second-order valence-electron chi connectivity index (χ2n) is 5.66. The molecule has 1 aromatic heterocycles. The first-order valence-corrected chi connectivity index (χ1v) is 7.17. The molecular weight excluding hydrogens is 252 g/mol. The van der Waals surface area contributed by atoms with Crippen LogP contribution in [0.2, 0.25) is 0 Å². The molecule has 0 saturated heterocycles. The van der Waals surface area contributed by atoms with Crippen molar-refractivity contribution in [2.24, 2.45) is 0 Å². The van der Waals surface area contributed by atoms with Crippen LogP contribution in [-0.2, 0) is 0 Å². The Kier molecular flexibility index (Phi) is 3.49. The molecule has 1 aliphatic rings. The highest BCUT2D eigenvalue weighted by Gasteiger charge is 2.26. The van der Waals surface area contributed by atoms with Gasteiger partial charge >= 0.3 is 0 Å². The van der Waals surface area contributed by atoms with E-state index in [1.165, 1.54) is 0 Å². The zero-order chi connectivity index (χ0) is 14.1. The second kappa shape index (κ2) is 5.29. The number of benzene rings is 1. The molecule has 106 valence electrons. The molecule has 1 aromatic carbocycles. The van der Waals surface area contributed by atoms with Gasteiger partial charge < -0.3 is 15.0 Å². The number of nitrogens with one attached hydrogen (secondary N) is 1. The number of rotatable bonds is 2. The number of amides is 1. The van der Waals surface area contributed by atoms with Crippen molar-refractivity contribution in [1.29, 1.82) is 0 Å². The molecule has 2 N–H and O–H groups in total. The third-order valence-corrected chi connectivity index (χ3v) is 4.33. The van der Waals surface area contributed by atoms with E-state index in [0.717, 1.165) is 42.1 Å². The molecule has 1 amide bonds. The Morgan fingerprint density at radius 1 is 1.25 bits per heavy atom. The standard InChI is InChI=1S/C16H20N2O2/c1-18(13-3-5-14(19)6-4-13)16(20)12-2-7-15-11(10-12)8-9-17-15/h2,7-10,13-14,17,19H,3-6H2,1H3. The normalized spacial score (nSPS) is 22.9. The molecule has 0 aliphatic heterocycles. The Morgan fingerprint density at radius 3 is 2.75 bits per heavy atom. The maximum Gasteiger partial charge on any atom is 0.253 e. The minimum absolute atomic E-state index is 0.0643. The van der Waals surface area contributed by atoms with E-state index >= 15 is 0 Å². The van der Waals surface area contributed by atoms with Gasteiger partial charge in [-0.1, -0.05) is 0 Å². The van der Waals surface area contributed by atoms with Crippen LogP contribution in [0.1, 0.15) is 36.0 Å². The highest BCUT2D eigenvalue weighted by Crippen LogP contribution is 2.24. The van der Waals surface area contributed by atoms with Gasteiger partial charge in [0, 0.05) is 35.8 Å². The number of fused-ring (bicyclic) bond motifs is 1. The van der Waals surface area contributed by atoms with Crippen molar-refractivity contribution < 1.29 is 9.90 Å². The van der Waals surface area contributed by atoms with Crippen molar-refractivity contribution in [2.75, 3.05) is 7.05 Å². The first kappa shape index (κ1) is 13.2. The summed E-state index contributed by atoms with van der Waals surface area (Å²) in [6, 6.07) is 7.97. The zero-order valence-corrected chi connectivity index (χ0v) is 11.7. The van der Waals surface area contributed by atoms with Crippen LogP contribution in [-0.4, -0.2) is 40.1 Å². The minimum Gasteiger partial charge on any atom is -0.393 e. The van der Waals surface area contributed by atoms with Gasteiger partial charge in [0.25, 0.3) is 5.91 Å². The molecule has 0 atom stereocenters. The van der Waals surface area contributed by atoms with E-state index in [4.69, 9.17) is 0 Å². The van der Waals surface area contributed by atoms with Crippen molar-refractivity contribution >= 4 is 16.8 Å². The van der Waals surface area contributed by atoms with Crippen LogP contribution in [0.4, 0.5) is 0 Å². The number of nitrogens with zero attached hydrogens (tertiary/aromatic N) is 1. The van der Waals surface area contributed by atoms with Gasteiger partial charge in [0.15, 0.2) is 0 Å². The lowest BCUT2D eigenvalue weighted by molar-refractivity contribution is 0.0569. The van der Waals surface area contributed by atoms with Crippen LogP contribution in [0, 0.1) is 0 Å². The van der Waals surface area contributed by atoms with Gasteiger partial charge in [-0.2, -0.15) is 0 Å². The summed E-state index contributed by atoms with van der Waals surface area (Å²) < 4.78 is 0. The molecule has 1 aliphatic carbocycles. The largest absolute Gasteiger partial charge is 0.393 e. The number of aromatic amines is 1. The summed E-state index contributed by atoms with van der Waals surface area (Å²) in [6.07, 6.45) is 5.04. The van der Waals surface area contributed by atoms with Crippen LogP contribution in [0.15, 0.2) is 30.5 Å². The molecule has 1 heterocycles. The molecular formula is C16H20N2O2. The summed E-state index contributed by atoms with van der Waals surface area (Å²) in [4.78, 5) is 17.5. The van der Waals surface area contributed by atoms with Crippen LogP contribution in [0.25, 0.3) is 10.9 Å². The number of carbonyl (C=O) groups is 1. The minimum atomic E-state index is -0.189. The summed E-state index contributed by atoms with van der Waals surface area (Å²) in [5, 5.41) is 10.6. The Balaban J connectivity index is 1.77. The van der Waals surface area contributed by atoms with Gasteiger partial charge in [-0.3, -0.25) is 4.79 Å². The van der Waals surface area contributed by atoms with Crippen molar-refractivity contribution in [3.63, 3.8) is 0 Å². The lowest BCUT2D eigenvalue weighted by Gasteiger charge is -2.33. The fraction of sp³-hybridized carbons (Fsp3) is 0.438. The van der Waals surface area contributed by atoms with Crippen LogP contribution in [0.5, 0.6) is 0 Å². The molecule has 20 heavy (non-hydrogen) atoms. The van der Waals surface area contributed by atoms with Gasteiger partial charge in [0.05, 0.1) is 6.10 Å². The van der Waals surface area contributed by atoms with Gasteiger partial charge in [-0.25, -0.2) is 0 Å². The molecule has 0 spiro atoms. The van der Waals surface area contributed by atoms with Crippen LogP contribution < -0.4 is 0 Å². The second-order valence-corrected chi connectivity index (χ2v) is 5.66. The quantitative estimate of drug-likeness (QED) is 0.882. The van der Waals surface area contributed by atoms with Crippen molar-refractivity contribution in [1.82, 2.24) is 9.88 Å². The number of carbonyl (C=O) groups excluding carboxylic acids is 1. The maximum atomic E-state index is 12.5. The van der Waals surface area contributed by atoms with E-state index < -0.39 is 0 Å². The SMILES string of the molecule is CN(C(=O)c1ccc2[nH]ccc2c1)C1CCC(O)CC1. The van der Waals surface area contributed by atoms with E-state index in [1.54, 1.807) is 0 Å². The molecule has 0 unspecified atom stereocenters. The number of aromatic nitrogens is 1. The van der Waals surface area contributed by atoms with E-state index in [1.807, 2.05) is 42.4 Å². The first-order valence-electron chi connectivity index (χ1n) is 7.17. The zero-order valence-electron chi connectivity index (χ0n) is 11.7. The molecule has 3 rings (SSSR count). The van der Waals surface area contributed by atoms with Crippen molar-refractivity contribution in [2.45, 2.75) is 37.8 Å². The fourth-order valence-electron chi connectivity index (χ4n) is 3.00. The lowest BCUT2D eigenvalue weighted by atomic mass is 9.92. The summed E-state index contributed by atoms with van der Waals surface area (Å²) in [5.41, 5.74) is 1.77. The van der Waals surface area contributed by atoms with E-state index in [2.05, 4.69) is 4.98 Å². The van der Waals surface area contributed by atoms with Gasteiger partial charge in [0.2, 0.25) is 0 Å². The Morgan fingerprint density at radius 2 is 2.00 bits per heavy atom. The third kappa shape index (κ3) is 2.43. The first-order chi connectivity index (χ1) is 9.65. The summed E-state index contributed by atoms with van der Waals surface area (Å²) in [5.74, 6) is 0.0643. The number of aliphatic hydroxyl groups excluding tert-OH is 1. The Hall–Kier alpha value is -1.81. The smallest absolute Gasteiger partial charge is 0.253 e. The third-order valence-electron chi connectivity index (χ3n) is 4.33. The highest BCUT2D eigenvalue weighted by molar-refractivity contribution is 5.98. The van der Waals surface area contributed by atoms with E-state index in [9.17, 15) is 9.90 Å². The van der Waals surface area contributed by atoms with E-state index in [0.29, 0.717) is 0 Å². The number of hydrogen-bond donors (Lipinski definition) is 2. The van der Waals surface area contributed by atoms with Gasteiger partial charge in [-0.15, -0.1) is 0 Å². The summed E-state index contributed by atoms with van der Waals surface area (Å²) in [6.45, 7) is 0. The van der Waals surface area contributed by atoms with Gasteiger partial charge in [-0.05, 0) is 49.9 Å². The summed E-state index contributed by atoms with van der Waals surface area (Å²) >= 11 is 0. The number of aliphatic hydroxyl groups is 1. The number of hydrogen-bond acceptors (Lipinski definition) is 2. The molecule has 1 fully saturated rings. The molecule has 4 nitrogen and oxygen atoms in total. The van der Waals surface area contributed by atoms with E-state index in [-0.39, 0.29) is 18.1 Å². The number of H-pyrrole nitrogens is 1. The van der Waals surface area contributed by atoms with Gasteiger partial charge in [0.1, 0.15) is 0 Å². The average molecular weight is 272 g/mol. The molecule has 2 aromatic rings. The monoisotopic (exact) mass is 272 g/mol. The van der Waals surface area contributed by atoms with Crippen LogP contribution in [0.3, 0.4) is 0 Å². The average Bonchev–Trinajstić information content (AvgIpc) is 2.94. The predicted octanol–water partition coefficient (Wildman–Crippen LogP) is 2.54. The van der Waals surface area contributed by atoms with Crippen molar-refractivity contribution in [3.8, 4) is 0 Å². The predicted molar refractivity (Wildman–Crippen MR) is 78.7 cm³/mol. The molecule has 1 saturated carbocycles. The Labute approximate surface area is 118 Å². The summed E-state index contributed by atoms with van der Waals surface area (Å²) in [7, 11) is 1.87. The topological polar surface area (TPSA) is 56.3 Å². The highest BCUT2D eigenvalue weighted by atomic mass is 16.3. The molecule has 0 radical (unpaired) electrons. The lowest BCUT2D eigenvalue weighted by Crippen LogP contribution is -2.40. The van der Waals surface area contributed by atoms with Crippen molar-refractivity contribution in [3.05, 3.63) is 36.0 Å². The van der Waals surface area contributed by atoms with Crippen LogP contribution >= 0.6 is 0 Å². The maximum absolute atomic E-state index is 12.5. The molecule has 4 heteroatoms. The fourth-order valence-corrected chi connectivity index (χ4v) is 3.00. The Bertz CT molecular complexity index is 612.